The number of hydrogen-bond donors (Lipinski definition) is 1. The number of hydrogen-bond acceptors (Lipinski definition) is 5. The third-order valence-electron chi connectivity index (χ3n) is 9.57. The molecule has 1 aliphatic heterocycles. The summed E-state index contributed by atoms with van der Waals surface area (Å²) >= 11 is 0. The second-order valence-electron chi connectivity index (χ2n) is 12.2. The number of likely N-dealkylation sites (tertiary alicyclic amines) is 1. The minimum atomic E-state index is -0.266. The van der Waals surface area contributed by atoms with Crippen LogP contribution in [-0.2, 0) is 13.6 Å². The van der Waals surface area contributed by atoms with Gasteiger partial charge in [0.25, 0.3) is 5.91 Å². The predicted octanol–water partition coefficient (Wildman–Crippen LogP) is 5.38. The van der Waals surface area contributed by atoms with E-state index >= 15 is 0 Å². The van der Waals surface area contributed by atoms with Crippen molar-refractivity contribution >= 4 is 28.0 Å². The summed E-state index contributed by atoms with van der Waals surface area (Å²) in [6, 6.07) is 16.5. The fraction of sp³-hybridized carbons (Fsp3) is 0.364. The van der Waals surface area contributed by atoms with Crippen molar-refractivity contribution in [2.24, 2.45) is 24.6 Å². The van der Waals surface area contributed by atoms with E-state index in [-0.39, 0.29) is 23.8 Å². The molecule has 2 saturated carbocycles. The number of ether oxygens (including phenoxy) is 1. The fourth-order valence-corrected chi connectivity index (χ4v) is 7.10. The van der Waals surface area contributed by atoms with Crippen molar-refractivity contribution in [2.75, 3.05) is 13.7 Å². The van der Waals surface area contributed by atoms with Gasteiger partial charge in [0, 0.05) is 48.7 Å². The van der Waals surface area contributed by atoms with Crippen molar-refractivity contribution in [3.05, 3.63) is 66.0 Å². The van der Waals surface area contributed by atoms with Crippen LogP contribution in [0.2, 0.25) is 0 Å². The molecule has 3 fully saturated rings. The average Bonchev–Trinajstić information content (AvgIpc) is 3.41. The number of piperidine rings is 1. The van der Waals surface area contributed by atoms with E-state index in [4.69, 9.17) is 20.4 Å². The van der Waals surface area contributed by atoms with Crippen LogP contribution in [0.5, 0.6) is 5.75 Å². The first kappa shape index (κ1) is 25.5. The molecule has 9 heteroatoms. The predicted molar refractivity (Wildman–Crippen MR) is 160 cm³/mol. The van der Waals surface area contributed by atoms with Crippen molar-refractivity contribution in [1.82, 2.24) is 24.0 Å². The standard InChI is InChI=1S/C33H33FN6O2/c1-38-30-25(13-22(15-28(30)42-2)33(41)40-17-21-8-12-26(40)29(21)35)37-32(38)27-14-20-7-11-24(19-5-9-23(34)10-6-19)36-31(20)39(27)16-18-3-4-18/h5-7,9-11,13-15,18,21,26,29H,3-4,8,12,16-17,35H2,1-2H3. The molecule has 2 aromatic carbocycles. The zero-order valence-electron chi connectivity index (χ0n) is 23.8. The van der Waals surface area contributed by atoms with Crippen LogP contribution in [0.15, 0.2) is 54.6 Å². The number of pyridine rings is 1. The highest BCUT2D eigenvalue weighted by atomic mass is 19.1. The highest BCUT2D eigenvalue weighted by Gasteiger charge is 2.47. The first-order valence-corrected chi connectivity index (χ1v) is 14.8. The van der Waals surface area contributed by atoms with Gasteiger partial charge >= 0.3 is 0 Å². The van der Waals surface area contributed by atoms with Crippen molar-refractivity contribution in [3.63, 3.8) is 0 Å². The van der Waals surface area contributed by atoms with Crippen molar-refractivity contribution in [1.29, 1.82) is 0 Å². The molecular weight excluding hydrogens is 531 g/mol. The lowest BCUT2D eigenvalue weighted by Crippen LogP contribution is -2.41. The van der Waals surface area contributed by atoms with E-state index in [2.05, 4.69) is 21.3 Å². The van der Waals surface area contributed by atoms with E-state index in [1.807, 2.05) is 30.1 Å². The summed E-state index contributed by atoms with van der Waals surface area (Å²) < 4.78 is 23.7. The number of carbonyl (C=O) groups excluding carboxylic acids is 1. The van der Waals surface area contributed by atoms with Gasteiger partial charge in [-0.2, -0.15) is 0 Å². The summed E-state index contributed by atoms with van der Waals surface area (Å²) in [7, 11) is 3.62. The number of nitrogens with zero attached hydrogens (tertiary/aromatic N) is 5. The van der Waals surface area contributed by atoms with Crippen LogP contribution in [0.3, 0.4) is 0 Å². The number of amides is 1. The Balaban J connectivity index is 1.24. The molecule has 4 heterocycles. The normalized spacial score (nSPS) is 21.6. The molecule has 3 atom stereocenters. The van der Waals surface area contributed by atoms with E-state index in [0.29, 0.717) is 35.2 Å². The Morgan fingerprint density at radius 2 is 1.86 bits per heavy atom. The monoisotopic (exact) mass is 564 g/mol. The van der Waals surface area contributed by atoms with Crippen LogP contribution in [0.25, 0.3) is 44.8 Å². The van der Waals surface area contributed by atoms with Crippen LogP contribution < -0.4 is 10.5 Å². The van der Waals surface area contributed by atoms with Gasteiger partial charge in [0.2, 0.25) is 0 Å². The maximum absolute atomic E-state index is 13.7. The molecule has 3 aromatic heterocycles. The third kappa shape index (κ3) is 3.94. The SMILES string of the molecule is COc1cc(C(=O)N2CC3CCC2C3N)cc2nc(-c3cc4ccc(-c5ccc(F)cc5)nc4n3CC3CC3)n(C)c12. The lowest BCUT2D eigenvalue weighted by Gasteiger charge is -2.27. The van der Waals surface area contributed by atoms with Crippen LogP contribution in [0, 0.1) is 17.7 Å². The average molecular weight is 565 g/mol. The number of carbonyl (C=O) groups is 1. The van der Waals surface area contributed by atoms with E-state index in [1.54, 1.807) is 19.2 Å². The summed E-state index contributed by atoms with van der Waals surface area (Å²) in [5.74, 6) is 2.12. The van der Waals surface area contributed by atoms with E-state index < -0.39 is 0 Å². The molecule has 0 spiro atoms. The zero-order chi connectivity index (χ0) is 28.7. The molecule has 1 saturated heterocycles. The number of fused-ring (bicyclic) bond motifs is 4. The first-order chi connectivity index (χ1) is 20.4. The summed E-state index contributed by atoms with van der Waals surface area (Å²) in [5, 5.41) is 1.02. The van der Waals surface area contributed by atoms with Crippen molar-refractivity contribution in [3.8, 4) is 28.5 Å². The van der Waals surface area contributed by atoms with Gasteiger partial charge in [-0.05, 0) is 92.1 Å². The largest absolute Gasteiger partial charge is 0.494 e. The molecule has 214 valence electrons. The summed E-state index contributed by atoms with van der Waals surface area (Å²) in [6.07, 6.45) is 4.45. The topological polar surface area (TPSA) is 91.2 Å². The molecule has 2 aliphatic carbocycles. The van der Waals surface area contributed by atoms with Gasteiger partial charge in [0.05, 0.1) is 24.0 Å². The molecule has 3 aliphatic rings. The molecule has 8 nitrogen and oxygen atoms in total. The molecule has 2 N–H and O–H groups in total. The third-order valence-corrected chi connectivity index (χ3v) is 9.57. The smallest absolute Gasteiger partial charge is 0.254 e. The number of imidazole rings is 1. The minimum Gasteiger partial charge on any atom is -0.494 e. The number of nitrogens with two attached hydrogens (primary N) is 1. The molecule has 0 radical (unpaired) electrons. The Bertz CT molecular complexity index is 1870. The highest BCUT2D eigenvalue weighted by molar-refractivity contribution is 6.00. The highest BCUT2D eigenvalue weighted by Crippen LogP contribution is 2.40. The van der Waals surface area contributed by atoms with Crippen LogP contribution in [0.1, 0.15) is 36.0 Å². The Kier molecular flexibility index (Phi) is 5.69. The van der Waals surface area contributed by atoms with E-state index in [0.717, 1.165) is 58.7 Å². The first-order valence-electron chi connectivity index (χ1n) is 14.8. The molecule has 2 bridgehead atoms. The molecular formula is C33H33FN6O2. The minimum absolute atomic E-state index is 0.00887. The Labute approximate surface area is 242 Å². The van der Waals surface area contributed by atoms with Crippen molar-refractivity contribution < 1.29 is 13.9 Å². The number of aryl methyl sites for hydroxylation is 1. The number of rotatable bonds is 6. The van der Waals surface area contributed by atoms with Gasteiger partial charge in [-0.15, -0.1) is 0 Å². The Morgan fingerprint density at radius 3 is 2.55 bits per heavy atom. The molecule has 8 rings (SSSR count). The summed E-state index contributed by atoms with van der Waals surface area (Å²) in [5.41, 5.74) is 12.1. The Morgan fingerprint density at radius 1 is 1.05 bits per heavy atom. The number of aromatic nitrogens is 4. The molecule has 5 aromatic rings. The second-order valence-corrected chi connectivity index (χ2v) is 12.2. The maximum atomic E-state index is 13.7. The number of methoxy groups -OCH3 is 1. The lowest BCUT2D eigenvalue weighted by atomic mass is 10.1. The van der Waals surface area contributed by atoms with E-state index in [1.165, 1.54) is 25.0 Å². The zero-order valence-corrected chi connectivity index (χ0v) is 23.8. The van der Waals surface area contributed by atoms with Crippen LogP contribution in [-0.4, -0.2) is 55.6 Å². The summed E-state index contributed by atoms with van der Waals surface area (Å²) in [4.78, 5) is 25.8. The molecule has 3 unspecified atom stereocenters. The number of halogens is 1. The van der Waals surface area contributed by atoms with Gasteiger partial charge in [-0.3, -0.25) is 4.79 Å². The quantitative estimate of drug-likeness (QED) is 0.299. The summed E-state index contributed by atoms with van der Waals surface area (Å²) in [6.45, 7) is 1.56. The molecule has 42 heavy (non-hydrogen) atoms. The van der Waals surface area contributed by atoms with E-state index in [9.17, 15) is 9.18 Å². The van der Waals surface area contributed by atoms with Crippen LogP contribution >= 0.6 is 0 Å². The fourth-order valence-electron chi connectivity index (χ4n) is 7.10. The lowest BCUT2D eigenvalue weighted by molar-refractivity contribution is 0.0700. The van der Waals surface area contributed by atoms with Gasteiger partial charge < -0.3 is 24.5 Å². The molecule has 1 amide bonds. The van der Waals surface area contributed by atoms with Gasteiger partial charge in [-0.1, -0.05) is 0 Å². The van der Waals surface area contributed by atoms with Gasteiger partial charge in [0.1, 0.15) is 22.7 Å². The van der Waals surface area contributed by atoms with Crippen molar-refractivity contribution in [2.45, 2.75) is 44.3 Å². The van der Waals surface area contributed by atoms with Crippen LogP contribution in [0.4, 0.5) is 4.39 Å². The Hall–Kier alpha value is -4.24. The van der Waals surface area contributed by atoms with Gasteiger partial charge in [-0.25, -0.2) is 14.4 Å². The number of benzene rings is 2. The second kappa shape index (κ2) is 9.39. The van der Waals surface area contributed by atoms with Gasteiger partial charge in [0.15, 0.2) is 5.82 Å². The maximum Gasteiger partial charge on any atom is 0.254 e.